The van der Waals surface area contributed by atoms with Gasteiger partial charge < -0.3 is 5.73 Å². The third-order valence-electron chi connectivity index (χ3n) is 2.17. The zero-order chi connectivity index (χ0) is 10.8. The van der Waals surface area contributed by atoms with Gasteiger partial charge in [-0.1, -0.05) is 6.92 Å². The van der Waals surface area contributed by atoms with Crippen LogP contribution in [0, 0.1) is 0 Å². The molecule has 0 saturated carbocycles. The highest BCUT2D eigenvalue weighted by molar-refractivity contribution is 7.92. The van der Waals surface area contributed by atoms with Crippen LogP contribution in [0.2, 0.25) is 0 Å². The summed E-state index contributed by atoms with van der Waals surface area (Å²) in [5.41, 5.74) is 5.77. The van der Waals surface area contributed by atoms with Crippen LogP contribution in [0.25, 0.3) is 0 Å². The number of nitrogens with zero attached hydrogens (tertiary/aromatic N) is 1. The molecule has 0 saturated heterocycles. The summed E-state index contributed by atoms with van der Waals surface area (Å²) in [6.07, 6.45) is 1.99. The summed E-state index contributed by atoms with van der Waals surface area (Å²) in [5, 5.41) is -0.450. The predicted molar refractivity (Wildman–Crippen MR) is 55.6 cm³/mol. The lowest BCUT2D eigenvalue weighted by Crippen LogP contribution is -2.19. The fourth-order valence-electron chi connectivity index (χ4n) is 1.05. The molecule has 0 radical (unpaired) electrons. The Labute approximate surface area is 84.1 Å². The van der Waals surface area contributed by atoms with Gasteiger partial charge in [0.25, 0.3) is 0 Å². The van der Waals surface area contributed by atoms with E-state index in [0.29, 0.717) is 6.42 Å². The van der Waals surface area contributed by atoms with E-state index in [1.54, 1.807) is 19.1 Å². The number of pyridine rings is 1. The number of nitrogen functional groups attached to an aromatic ring is 1. The van der Waals surface area contributed by atoms with Crippen LogP contribution in [-0.2, 0) is 9.84 Å². The highest BCUT2D eigenvalue weighted by atomic mass is 32.2. The average Bonchev–Trinajstić information content (AvgIpc) is 2.17. The smallest absolute Gasteiger partial charge is 0.200 e. The molecule has 0 amide bonds. The lowest BCUT2D eigenvalue weighted by Gasteiger charge is -2.10. The first-order valence-corrected chi connectivity index (χ1v) is 5.99. The highest BCUT2D eigenvalue weighted by Gasteiger charge is 2.24. The SMILES string of the molecule is CCC(C)S(=O)(=O)c1ncccc1N. The van der Waals surface area contributed by atoms with Gasteiger partial charge in [-0.05, 0) is 25.5 Å². The average molecular weight is 214 g/mol. The van der Waals surface area contributed by atoms with Crippen molar-refractivity contribution in [2.45, 2.75) is 30.5 Å². The molecule has 78 valence electrons. The van der Waals surface area contributed by atoms with Crippen molar-refractivity contribution < 1.29 is 8.42 Å². The molecule has 1 heterocycles. The summed E-state index contributed by atoms with van der Waals surface area (Å²) in [4.78, 5) is 3.81. The van der Waals surface area contributed by atoms with Gasteiger partial charge in [0.15, 0.2) is 14.9 Å². The fraction of sp³-hybridized carbons (Fsp3) is 0.444. The minimum Gasteiger partial charge on any atom is -0.396 e. The van der Waals surface area contributed by atoms with E-state index >= 15 is 0 Å². The zero-order valence-corrected chi connectivity index (χ0v) is 9.08. The summed E-state index contributed by atoms with van der Waals surface area (Å²) >= 11 is 0. The van der Waals surface area contributed by atoms with Crippen molar-refractivity contribution in [3.05, 3.63) is 18.3 Å². The molecule has 2 N–H and O–H groups in total. The Bertz CT molecular complexity index is 415. The van der Waals surface area contributed by atoms with E-state index in [0.717, 1.165) is 0 Å². The van der Waals surface area contributed by atoms with E-state index in [-0.39, 0.29) is 10.7 Å². The Balaban J connectivity index is 3.24. The number of hydrogen-bond acceptors (Lipinski definition) is 4. The molecule has 1 unspecified atom stereocenters. The second-order valence-electron chi connectivity index (χ2n) is 3.16. The van der Waals surface area contributed by atoms with Gasteiger partial charge in [-0.15, -0.1) is 0 Å². The van der Waals surface area contributed by atoms with E-state index in [9.17, 15) is 8.42 Å². The molecule has 1 aromatic heterocycles. The van der Waals surface area contributed by atoms with Crippen molar-refractivity contribution in [1.82, 2.24) is 4.98 Å². The Morgan fingerprint density at radius 3 is 2.71 bits per heavy atom. The summed E-state index contributed by atoms with van der Waals surface area (Å²) in [7, 11) is -3.36. The van der Waals surface area contributed by atoms with Gasteiger partial charge >= 0.3 is 0 Å². The van der Waals surface area contributed by atoms with E-state index in [4.69, 9.17) is 5.73 Å². The lowest BCUT2D eigenvalue weighted by molar-refractivity contribution is 0.578. The Kier molecular flexibility index (Phi) is 3.10. The minimum atomic E-state index is -3.36. The summed E-state index contributed by atoms with van der Waals surface area (Å²) in [5.74, 6) is 0. The van der Waals surface area contributed by atoms with Crippen molar-refractivity contribution in [2.24, 2.45) is 0 Å². The maximum atomic E-state index is 11.8. The van der Waals surface area contributed by atoms with Crippen LogP contribution < -0.4 is 5.73 Å². The Hall–Kier alpha value is -1.10. The standard InChI is InChI=1S/C9H14N2O2S/c1-3-7(2)14(12,13)9-8(10)5-4-6-11-9/h4-7H,3,10H2,1-2H3. The van der Waals surface area contributed by atoms with Crippen LogP contribution >= 0.6 is 0 Å². The molecule has 0 aromatic carbocycles. The van der Waals surface area contributed by atoms with E-state index in [2.05, 4.69) is 4.98 Å². The van der Waals surface area contributed by atoms with Crippen molar-refractivity contribution in [3.8, 4) is 0 Å². The number of aromatic nitrogens is 1. The van der Waals surface area contributed by atoms with Crippen molar-refractivity contribution in [1.29, 1.82) is 0 Å². The van der Waals surface area contributed by atoms with Crippen LogP contribution in [0.15, 0.2) is 23.4 Å². The zero-order valence-electron chi connectivity index (χ0n) is 8.27. The van der Waals surface area contributed by atoms with Crippen LogP contribution in [-0.4, -0.2) is 18.7 Å². The van der Waals surface area contributed by atoms with Crippen molar-refractivity contribution >= 4 is 15.5 Å². The largest absolute Gasteiger partial charge is 0.396 e. The van der Waals surface area contributed by atoms with Crippen LogP contribution in [0.5, 0.6) is 0 Å². The maximum Gasteiger partial charge on any atom is 0.200 e. The second-order valence-corrected chi connectivity index (χ2v) is 5.44. The molecule has 0 spiro atoms. The lowest BCUT2D eigenvalue weighted by atomic mass is 10.4. The maximum absolute atomic E-state index is 11.8. The molecule has 0 aliphatic rings. The predicted octanol–water partition coefficient (Wildman–Crippen LogP) is 1.24. The minimum absolute atomic E-state index is 0.00523. The first-order chi connectivity index (χ1) is 6.50. The molecule has 1 aromatic rings. The molecule has 0 bridgehead atoms. The molecule has 0 aliphatic carbocycles. The molecule has 1 atom stereocenters. The molecule has 14 heavy (non-hydrogen) atoms. The Morgan fingerprint density at radius 2 is 2.21 bits per heavy atom. The van der Waals surface area contributed by atoms with E-state index < -0.39 is 15.1 Å². The molecular weight excluding hydrogens is 200 g/mol. The van der Waals surface area contributed by atoms with Gasteiger partial charge in [-0.3, -0.25) is 0 Å². The van der Waals surface area contributed by atoms with Gasteiger partial charge in [0.2, 0.25) is 0 Å². The van der Waals surface area contributed by atoms with Crippen LogP contribution in [0.4, 0.5) is 5.69 Å². The second kappa shape index (κ2) is 3.96. The summed E-state index contributed by atoms with van der Waals surface area (Å²) in [6.45, 7) is 3.48. The van der Waals surface area contributed by atoms with Gasteiger partial charge in [-0.2, -0.15) is 0 Å². The number of rotatable bonds is 3. The number of sulfone groups is 1. The Morgan fingerprint density at radius 1 is 1.57 bits per heavy atom. The first-order valence-electron chi connectivity index (χ1n) is 4.44. The quantitative estimate of drug-likeness (QED) is 0.821. The van der Waals surface area contributed by atoms with Crippen LogP contribution in [0.1, 0.15) is 20.3 Å². The molecule has 1 rings (SSSR count). The highest BCUT2D eigenvalue weighted by Crippen LogP contribution is 2.20. The van der Waals surface area contributed by atoms with Gasteiger partial charge in [0.05, 0.1) is 10.9 Å². The molecule has 0 aliphatic heterocycles. The molecule has 4 nitrogen and oxygen atoms in total. The van der Waals surface area contributed by atoms with Crippen molar-refractivity contribution in [3.63, 3.8) is 0 Å². The third-order valence-corrected chi connectivity index (χ3v) is 4.45. The monoisotopic (exact) mass is 214 g/mol. The normalized spacial score (nSPS) is 13.9. The first kappa shape index (κ1) is 11.0. The third kappa shape index (κ3) is 1.87. The number of nitrogens with two attached hydrogens (primary N) is 1. The van der Waals surface area contributed by atoms with E-state index in [1.807, 2.05) is 6.92 Å². The summed E-state index contributed by atoms with van der Waals surface area (Å²) < 4.78 is 23.7. The number of anilines is 1. The fourth-order valence-corrected chi connectivity index (χ4v) is 2.48. The van der Waals surface area contributed by atoms with E-state index in [1.165, 1.54) is 6.20 Å². The van der Waals surface area contributed by atoms with Crippen molar-refractivity contribution in [2.75, 3.05) is 5.73 Å². The van der Waals surface area contributed by atoms with Crippen LogP contribution in [0.3, 0.4) is 0 Å². The van der Waals surface area contributed by atoms with Gasteiger partial charge in [0, 0.05) is 6.20 Å². The topological polar surface area (TPSA) is 73.0 Å². The molecular formula is C9H14N2O2S. The molecule has 0 fully saturated rings. The number of hydrogen-bond donors (Lipinski definition) is 1. The summed E-state index contributed by atoms with van der Waals surface area (Å²) in [6, 6.07) is 3.16. The van der Waals surface area contributed by atoms with Gasteiger partial charge in [0.1, 0.15) is 0 Å². The molecule has 5 heteroatoms. The van der Waals surface area contributed by atoms with Gasteiger partial charge in [-0.25, -0.2) is 13.4 Å².